The highest BCUT2D eigenvalue weighted by atomic mass is 32.1. The van der Waals surface area contributed by atoms with Gasteiger partial charge in [-0.2, -0.15) is 0 Å². The van der Waals surface area contributed by atoms with Gasteiger partial charge in [0, 0.05) is 11.6 Å². The van der Waals surface area contributed by atoms with Gasteiger partial charge in [-0.3, -0.25) is 0 Å². The molecular weight excluding hydrogens is 211 g/mol. The summed E-state index contributed by atoms with van der Waals surface area (Å²) >= 11 is 1.56. The van der Waals surface area contributed by atoms with Crippen LogP contribution in [0.2, 0.25) is 0 Å². The summed E-state index contributed by atoms with van der Waals surface area (Å²) in [5, 5.41) is 5.89. The number of hydrogen-bond acceptors (Lipinski definition) is 3. The summed E-state index contributed by atoms with van der Waals surface area (Å²) in [4.78, 5) is 4.12. The van der Waals surface area contributed by atoms with Gasteiger partial charge in [0.2, 0.25) is 0 Å². The van der Waals surface area contributed by atoms with Gasteiger partial charge in [-0.15, -0.1) is 11.3 Å². The maximum absolute atomic E-state index is 13.3. The molecule has 78 valence electrons. The Kier molecular flexibility index (Phi) is 2.97. The second-order valence-corrected chi connectivity index (χ2v) is 4.24. The SMILES string of the molecule is Cc1ccc(F)c(NCc2nccs2)c1. The normalized spacial score (nSPS) is 10.3. The molecule has 0 aliphatic carbocycles. The number of nitrogens with one attached hydrogen (secondary N) is 1. The van der Waals surface area contributed by atoms with Gasteiger partial charge in [0.1, 0.15) is 10.8 Å². The molecule has 0 atom stereocenters. The van der Waals surface area contributed by atoms with Crippen molar-refractivity contribution in [3.8, 4) is 0 Å². The molecule has 0 aliphatic heterocycles. The van der Waals surface area contributed by atoms with Gasteiger partial charge in [-0.1, -0.05) is 6.07 Å². The molecule has 0 spiro atoms. The van der Waals surface area contributed by atoms with Crippen molar-refractivity contribution in [2.75, 3.05) is 5.32 Å². The minimum absolute atomic E-state index is 0.225. The number of anilines is 1. The molecule has 1 heterocycles. The average molecular weight is 222 g/mol. The summed E-state index contributed by atoms with van der Waals surface area (Å²) in [5.41, 5.74) is 1.57. The predicted octanol–water partition coefficient (Wildman–Crippen LogP) is 3.20. The fourth-order valence-corrected chi connectivity index (χ4v) is 1.84. The highest BCUT2D eigenvalue weighted by molar-refractivity contribution is 7.09. The molecule has 0 unspecified atom stereocenters. The van der Waals surface area contributed by atoms with Crippen LogP contribution in [-0.2, 0) is 6.54 Å². The number of halogens is 1. The first-order chi connectivity index (χ1) is 7.25. The lowest BCUT2D eigenvalue weighted by Gasteiger charge is -2.06. The van der Waals surface area contributed by atoms with Gasteiger partial charge in [-0.25, -0.2) is 9.37 Å². The van der Waals surface area contributed by atoms with E-state index in [0.29, 0.717) is 12.2 Å². The topological polar surface area (TPSA) is 24.9 Å². The van der Waals surface area contributed by atoms with Crippen LogP contribution in [0.15, 0.2) is 29.8 Å². The van der Waals surface area contributed by atoms with E-state index in [-0.39, 0.29) is 5.82 Å². The minimum Gasteiger partial charge on any atom is -0.376 e. The zero-order chi connectivity index (χ0) is 10.7. The monoisotopic (exact) mass is 222 g/mol. The van der Waals surface area contributed by atoms with E-state index >= 15 is 0 Å². The summed E-state index contributed by atoms with van der Waals surface area (Å²) < 4.78 is 13.3. The molecule has 4 heteroatoms. The van der Waals surface area contributed by atoms with Crippen molar-refractivity contribution >= 4 is 17.0 Å². The van der Waals surface area contributed by atoms with Crippen molar-refractivity contribution in [1.82, 2.24) is 4.98 Å². The molecule has 1 aromatic carbocycles. The quantitative estimate of drug-likeness (QED) is 0.862. The first kappa shape index (κ1) is 10.1. The lowest BCUT2D eigenvalue weighted by Crippen LogP contribution is -2.01. The first-order valence-corrected chi connectivity index (χ1v) is 5.52. The third-order valence-corrected chi connectivity index (χ3v) is 2.82. The fourth-order valence-electron chi connectivity index (χ4n) is 1.29. The number of hydrogen-bond donors (Lipinski definition) is 1. The molecular formula is C11H11FN2S. The summed E-state index contributed by atoms with van der Waals surface area (Å²) in [6.45, 7) is 2.51. The number of nitrogens with zero attached hydrogens (tertiary/aromatic N) is 1. The Bertz CT molecular complexity index is 440. The van der Waals surface area contributed by atoms with Gasteiger partial charge in [0.05, 0.1) is 12.2 Å². The highest BCUT2D eigenvalue weighted by Gasteiger charge is 2.02. The summed E-state index contributed by atoms with van der Waals surface area (Å²) in [6.07, 6.45) is 1.74. The summed E-state index contributed by atoms with van der Waals surface area (Å²) in [5.74, 6) is -0.225. The van der Waals surface area contributed by atoms with Gasteiger partial charge in [-0.05, 0) is 24.6 Å². The van der Waals surface area contributed by atoms with Crippen LogP contribution < -0.4 is 5.32 Å². The predicted molar refractivity (Wildman–Crippen MR) is 60.6 cm³/mol. The van der Waals surface area contributed by atoms with Crippen LogP contribution in [0, 0.1) is 12.7 Å². The van der Waals surface area contributed by atoms with Crippen LogP contribution in [0.4, 0.5) is 10.1 Å². The molecule has 2 nitrogen and oxygen atoms in total. The standard InChI is InChI=1S/C11H11FN2S/c1-8-2-3-9(12)10(6-8)14-7-11-13-4-5-15-11/h2-6,14H,7H2,1H3. The number of aryl methyl sites for hydroxylation is 1. The smallest absolute Gasteiger partial charge is 0.146 e. The molecule has 0 saturated carbocycles. The average Bonchev–Trinajstić information content (AvgIpc) is 2.72. The van der Waals surface area contributed by atoms with Crippen LogP contribution in [0.25, 0.3) is 0 Å². The second-order valence-electron chi connectivity index (χ2n) is 3.26. The van der Waals surface area contributed by atoms with Crippen molar-refractivity contribution in [3.63, 3.8) is 0 Å². The lowest BCUT2D eigenvalue weighted by atomic mass is 10.2. The molecule has 0 radical (unpaired) electrons. The van der Waals surface area contributed by atoms with E-state index < -0.39 is 0 Å². The minimum atomic E-state index is -0.225. The molecule has 0 saturated heterocycles. The zero-order valence-electron chi connectivity index (χ0n) is 8.33. The third kappa shape index (κ3) is 2.53. The number of thiazole rings is 1. The zero-order valence-corrected chi connectivity index (χ0v) is 9.14. The molecule has 2 rings (SSSR count). The second kappa shape index (κ2) is 4.40. The largest absolute Gasteiger partial charge is 0.376 e. The van der Waals surface area contributed by atoms with E-state index in [4.69, 9.17) is 0 Å². The van der Waals surface area contributed by atoms with E-state index in [1.165, 1.54) is 6.07 Å². The molecule has 0 bridgehead atoms. The van der Waals surface area contributed by atoms with Crippen molar-refractivity contribution in [2.24, 2.45) is 0 Å². The van der Waals surface area contributed by atoms with Crippen LogP contribution in [0.1, 0.15) is 10.6 Å². The van der Waals surface area contributed by atoms with E-state index in [1.54, 1.807) is 29.7 Å². The van der Waals surface area contributed by atoms with Crippen LogP contribution in [0.5, 0.6) is 0 Å². The Morgan fingerprint density at radius 1 is 1.47 bits per heavy atom. The van der Waals surface area contributed by atoms with Gasteiger partial charge < -0.3 is 5.32 Å². The Labute approximate surface area is 91.8 Å². The van der Waals surface area contributed by atoms with Crippen molar-refractivity contribution in [3.05, 3.63) is 46.2 Å². The van der Waals surface area contributed by atoms with E-state index in [0.717, 1.165) is 10.6 Å². The van der Waals surface area contributed by atoms with E-state index in [1.807, 2.05) is 12.3 Å². The highest BCUT2D eigenvalue weighted by Crippen LogP contribution is 2.17. The van der Waals surface area contributed by atoms with Crippen molar-refractivity contribution in [2.45, 2.75) is 13.5 Å². The lowest BCUT2D eigenvalue weighted by molar-refractivity contribution is 0.629. The molecule has 1 aromatic heterocycles. The first-order valence-electron chi connectivity index (χ1n) is 4.64. The Balaban J connectivity index is 2.07. The molecule has 0 amide bonds. The Morgan fingerprint density at radius 3 is 3.07 bits per heavy atom. The molecule has 2 aromatic rings. The Hall–Kier alpha value is -1.42. The fraction of sp³-hybridized carbons (Fsp3) is 0.182. The van der Waals surface area contributed by atoms with Gasteiger partial charge in [0.15, 0.2) is 0 Å². The van der Waals surface area contributed by atoms with Gasteiger partial charge in [0.25, 0.3) is 0 Å². The summed E-state index contributed by atoms with van der Waals surface area (Å²) in [6, 6.07) is 5.02. The third-order valence-electron chi connectivity index (χ3n) is 2.04. The Morgan fingerprint density at radius 2 is 2.33 bits per heavy atom. The van der Waals surface area contributed by atoms with Crippen LogP contribution in [0.3, 0.4) is 0 Å². The number of rotatable bonds is 3. The maximum Gasteiger partial charge on any atom is 0.146 e. The molecule has 1 N–H and O–H groups in total. The van der Waals surface area contributed by atoms with Crippen LogP contribution >= 0.6 is 11.3 Å². The number of benzene rings is 1. The molecule has 15 heavy (non-hydrogen) atoms. The van der Waals surface area contributed by atoms with Crippen LogP contribution in [-0.4, -0.2) is 4.98 Å². The van der Waals surface area contributed by atoms with E-state index in [9.17, 15) is 4.39 Å². The van der Waals surface area contributed by atoms with Crippen molar-refractivity contribution in [1.29, 1.82) is 0 Å². The summed E-state index contributed by atoms with van der Waals surface area (Å²) in [7, 11) is 0. The van der Waals surface area contributed by atoms with Gasteiger partial charge >= 0.3 is 0 Å². The molecule has 0 aliphatic rings. The molecule has 0 fully saturated rings. The maximum atomic E-state index is 13.3. The van der Waals surface area contributed by atoms with Crippen molar-refractivity contribution < 1.29 is 4.39 Å². The van der Waals surface area contributed by atoms with E-state index in [2.05, 4.69) is 10.3 Å². The number of aromatic nitrogens is 1.